The van der Waals surface area contributed by atoms with Gasteiger partial charge in [-0.15, -0.1) is 0 Å². The lowest BCUT2D eigenvalue weighted by molar-refractivity contribution is 0.564. The third kappa shape index (κ3) is 3.38. The molecule has 0 saturated carbocycles. The van der Waals surface area contributed by atoms with Gasteiger partial charge in [0, 0.05) is 18.8 Å². The number of nitrogens with zero attached hydrogens (tertiary/aromatic N) is 2. The summed E-state index contributed by atoms with van der Waals surface area (Å²) >= 11 is 0. The lowest BCUT2D eigenvalue weighted by atomic mass is 10.3. The zero-order valence-corrected chi connectivity index (χ0v) is 9.66. The van der Waals surface area contributed by atoms with Crippen LogP contribution in [0.4, 0.5) is 5.82 Å². The summed E-state index contributed by atoms with van der Waals surface area (Å²) in [7, 11) is 0. The molecule has 1 aromatic heterocycles. The standard InChI is InChI=1S/C11H19N3O/c1-4-5-7-12-10-6-8-14(9(2)3)11(15)13-10/h6,8-9H,4-5,7H2,1-3H3,(H,12,13,15). The van der Waals surface area contributed by atoms with Gasteiger partial charge in [-0.2, -0.15) is 4.98 Å². The van der Waals surface area contributed by atoms with E-state index in [1.54, 1.807) is 10.8 Å². The largest absolute Gasteiger partial charge is 0.370 e. The van der Waals surface area contributed by atoms with Gasteiger partial charge in [0.1, 0.15) is 5.82 Å². The van der Waals surface area contributed by atoms with Crippen LogP contribution in [0.1, 0.15) is 39.7 Å². The minimum Gasteiger partial charge on any atom is -0.370 e. The van der Waals surface area contributed by atoms with Crippen LogP contribution in [-0.2, 0) is 0 Å². The summed E-state index contributed by atoms with van der Waals surface area (Å²) in [6.45, 7) is 6.93. The zero-order chi connectivity index (χ0) is 11.3. The van der Waals surface area contributed by atoms with Gasteiger partial charge in [0.2, 0.25) is 0 Å². The van der Waals surface area contributed by atoms with Crippen LogP contribution < -0.4 is 11.0 Å². The highest BCUT2D eigenvalue weighted by Crippen LogP contribution is 2.02. The number of anilines is 1. The van der Waals surface area contributed by atoms with Gasteiger partial charge in [-0.25, -0.2) is 4.79 Å². The van der Waals surface area contributed by atoms with E-state index in [4.69, 9.17) is 0 Å². The molecule has 84 valence electrons. The molecule has 1 heterocycles. The number of aromatic nitrogens is 2. The van der Waals surface area contributed by atoms with Crippen LogP contribution in [0.5, 0.6) is 0 Å². The van der Waals surface area contributed by atoms with Gasteiger partial charge in [-0.05, 0) is 26.3 Å². The molecule has 1 aromatic rings. The Morgan fingerprint density at radius 1 is 1.53 bits per heavy atom. The van der Waals surface area contributed by atoms with Crippen molar-refractivity contribution >= 4 is 5.82 Å². The van der Waals surface area contributed by atoms with E-state index in [2.05, 4.69) is 17.2 Å². The first-order chi connectivity index (χ1) is 7.15. The number of hydrogen-bond acceptors (Lipinski definition) is 3. The van der Waals surface area contributed by atoms with E-state index < -0.39 is 0 Å². The van der Waals surface area contributed by atoms with Gasteiger partial charge in [0.15, 0.2) is 0 Å². The SMILES string of the molecule is CCCCNc1ccn(C(C)C)c(=O)n1. The van der Waals surface area contributed by atoms with E-state index in [9.17, 15) is 4.79 Å². The molecule has 15 heavy (non-hydrogen) atoms. The molecule has 0 aliphatic carbocycles. The number of unbranched alkanes of at least 4 members (excludes halogenated alkanes) is 1. The highest BCUT2D eigenvalue weighted by atomic mass is 16.1. The normalized spacial score (nSPS) is 10.7. The van der Waals surface area contributed by atoms with Crippen molar-refractivity contribution in [3.63, 3.8) is 0 Å². The average Bonchev–Trinajstić information content (AvgIpc) is 2.17. The maximum atomic E-state index is 11.5. The summed E-state index contributed by atoms with van der Waals surface area (Å²) < 4.78 is 1.62. The molecule has 0 aliphatic heterocycles. The molecule has 0 saturated heterocycles. The van der Waals surface area contributed by atoms with Crippen LogP contribution in [-0.4, -0.2) is 16.1 Å². The Morgan fingerprint density at radius 3 is 2.80 bits per heavy atom. The van der Waals surface area contributed by atoms with Crippen molar-refractivity contribution in [1.82, 2.24) is 9.55 Å². The Bertz CT molecular complexity index is 357. The number of nitrogens with one attached hydrogen (secondary N) is 1. The van der Waals surface area contributed by atoms with Gasteiger partial charge < -0.3 is 5.32 Å². The van der Waals surface area contributed by atoms with Crippen molar-refractivity contribution in [2.24, 2.45) is 0 Å². The maximum absolute atomic E-state index is 11.5. The highest BCUT2D eigenvalue weighted by Gasteiger charge is 2.02. The lowest BCUT2D eigenvalue weighted by Crippen LogP contribution is -2.24. The van der Waals surface area contributed by atoms with Crippen LogP contribution in [0.2, 0.25) is 0 Å². The minimum atomic E-state index is -0.188. The predicted octanol–water partition coefficient (Wildman–Crippen LogP) is 2.04. The van der Waals surface area contributed by atoms with Crippen LogP contribution in [0.15, 0.2) is 17.1 Å². The third-order valence-corrected chi connectivity index (χ3v) is 2.22. The van der Waals surface area contributed by atoms with Crippen LogP contribution in [0.3, 0.4) is 0 Å². The Kier molecular flexibility index (Phi) is 4.34. The Balaban J connectivity index is 2.70. The molecule has 4 nitrogen and oxygen atoms in total. The van der Waals surface area contributed by atoms with Gasteiger partial charge >= 0.3 is 5.69 Å². The van der Waals surface area contributed by atoms with E-state index in [0.717, 1.165) is 19.4 Å². The van der Waals surface area contributed by atoms with E-state index in [-0.39, 0.29) is 11.7 Å². The first kappa shape index (κ1) is 11.8. The molecule has 0 bridgehead atoms. The minimum absolute atomic E-state index is 0.162. The fourth-order valence-electron chi connectivity index (χ4n) is 1.30. The van der Waals surface area contributed by atoms with E-state index in [1.165, 1.54) is 0 Å². The predicted molar refractivity (Wildman–Crippen MR) is 62.3 cm³/mol. The van der Waals surface area contributed by atoms with E-state index in [0.29, 0.717) is 5.82 Å². The Hall–Kier alpha value is -1.32. The third-order valence-electron chi connectivity index (χ3n) is 2.22. The summed E-state index contributed by atoms with van der Waals surface area (Å²) in [5.74, 6) is 0.672. The monoisotopic (exact) mass is 209 g/mol. The molecule has 0 amide bonds. The molecule has 1 rings (SSSR count). The van der Waals surface area contributed by atoms with Crippen LogP contribution in [0, 0.1) is 0 Å². The van der Waals surface area contributed by atoms with Crippen molar-refractivity contribution in [2.75, 3.05) is 11.9 Å². The first-order valence-electron chi connectivity index (χ1n) is 5.48. The Morgan fingerprint density at radius 2 is 2.27 bits per heavy atom. The quantitative estimate of drug-likeness (QED) is 0.755. The van der Waals surface area contributed by atoms with Gasteiger partial charge in [0.05, 0.1) is 0 Å². The van der Waals surface area contributed by atoms with Gasteiger partial charge in [0.25, 0.3) is 0 Å². The fraction of sp³-hybridized carbons (Fsp3) is 0.636. The van der Waals surface area contributed by atoms with Crippen molar-refractivity contribution in [2.45, 2.75) is 39.7 Å². The Labute approximate surface area is 90.3 Å². The maximum Gasteiger partial charge on any atom is 0.349 e. The molecular weight excluding hydrogens is 190 g/mol. The highest BCUT2D eigenvalue weighted by molar-refractivity contribution is 5.31. The fourth-order valence-corrected chi connectivity index (χ4v) is 1.30. The molecular formula is C11H19N3O. The molecule has 0 aromatic carbocycles. The van der Waals surface area contributed by atoms with Crippen molar-refractivity contribution in [3.05, 3.63) is 22.7 Å². The van der Waals surface area contributed by atoms with Crippen molar-refractivity contribution in [1.29, 1.82) is 0 Å². The number of rotatable bonds is 5. The van der Waals surface area contributed by atoms with Gasteiger partial charge in [-0.3, -0.25) is 4.57 Å². The summed E-state index contributed by atoms with van der Waals surface area (Å²) in [6, 6.07) is 2.01. The molecule has 0 radical (unpaired) electrons. The first-order valence-corrected chi connectivity index (χ1v) is 5.48. The molecule has 4 heteroatoms. The summed E-state index contributed by atoms with van der Waals surface area (Å²) in [6.07, 6.45) is 4.01. The summed E-state index contributed by atoms with van der Waals surface area (Å²) in [4.78, 5) is 15.5. The second kappa shape index (κ2) is 5.53. The average molecular weight is 209 g/mol. The smallest absolute Gasteiger partial charge is 0.349 e. The molecule has 0 atom stereocenters. The molecule has 1 N–H and O–H groups in total. The second-order valence-corrected chi connectivity index (χ2v) is 3.88. The summed E-state index contributed by atoms with van der Waals surface area (Å²) in [5, 5.41) is 3.13. The van der Waals surface area contributed by atoms with Crippen LogP contribution in [0.25, 0.3) is 0 Å². The summed E-state index contributed by atoms with van der Waals surface area (Å²) in [5.41, 5.74) is -0.188. The van der Waals surface area contributed by atoms with Crippen molar-refractivity contribution < 1.29 is 0 Å². The second-order valence-electron chi connectivity index (χ2n) is 3.88. The lowest BCUT2D eigenvalue weighted by Gasteiger charge is -2.10. The molecule has 0 aliphatic rings. The van der Waals surface area contributed by atoms with Crippen LogP contribution >= 0.6 is 0 Å². The van der Waals surface area contributed by atoms with E-state index in [1.807, 2.05) is 19.9 Å². The molecule has 0 fully saturated rings. The molecule has 0 unspecified atom stereocenters. The molecule has 0 spiro atoms. The van der Waals surface area contributed by atoms with E-state index >= 15 is 0 Å². The zero-order valence-electron chi connectivity index (χ0n) is 9.66. The van der Waals surface area contributed by atoms with Crippen molar-refractivity contribution in [3.8, 4) is 0 Å². The topological polar surface area (TPSA) is 46.9 Å². The van der Waals surface area contributed by atoms with Gasteiger partial charge in [-0.1, -0.05) is 13.3 Å². The number of hydrogen-bond donors (Lipinski definition) is 1.